The summed E-state index contributed by atoms with van der Waals surface area (Å²) in [5.41, 5.74) is 1.83. The maximum Gasteiger partial charge on any atom is 0.151 e. The van der Waals surface area contributed by atoms with Crippen molar-refractivity contribution in [2.45, 2.75) is 24.8 Å². The Morgan fingerprint density at radius 2 is 1.79 bits per heavy atom. The van der Waals surface area contributed by atoms with Crippen molar-refractivity contribution in [2.24, 2.45) is 0 Å². The SMILES string of the molecule is c1ccc(NC2CO[C@H]3CN(Cc4cc(-c5ccncc5)no4)C[C@@H]3OC2)nc1. The van der Waals surface area contributed by atoms with Gasteiger partial charge < -0.3 is 19.3 Å². The minimum atomic E-state index is 0.0631. The van der Waals surface area contributed by atoms with Crippen molar-refractivity contribution in [3.8, 4) is 11.3 Å². The molecule has 2 aliphatic heterocycles. The van der Waals surface area contributed by atoms with Crippen LogP contribution in [0.4, 0.5) is 5.82 Å². The fourth-order valence-corrected chi connectivity index (χ4v) is 3.80. The van der Waals surface area contributed by atoms with E-state index in [0.29, 0.717) is 19.8 Å². The van der Waals surface area contributed by atoms with Crippen LogP contribution in [-0.4, -0.2) is 64.6 Å². The van der Waals surface area contributed by atoms with Gasteiger partial charge in [-0.15, -0.1) is 0 Å². The Hall–Kier alpha value is -2.81. The van der Waals surface area contributed by atoms with Gasteiger partial charge in [0.05, 0.1) is 38.0 Å². The molecule has 0 saturated carbocycles. The lowest BCUT2D eigenvalue weighted by molar-refractivity contribution is -0.00461. The lowest BCUT2D eigenvalue weighted by atomic mass is 10.2. The molecule has 0 radical (unpaired) electrons. The van der Waals surface area contributed by atoms with Crippen molar-refractivity contribution in [3.05, 3.63) is 60.7 Å². The van der Waals surface area contributed by atoms with Crippen molar-refractivity contribution in [2.75, 3.05) is 31.6 Å². The highest BCUT2D eigenvalue weighted by molar-refractivity contribution is 5.57. The van der Waals surface area contributed by atoms with E-state index in [-0.39, 0.29) is 18.2 Å². The van der Waals surface area contributed by atoms with Gasteiger partial charge in [-0.25, -0.2) is 4.98 Å². The molecule has 2 fully saturated rings. The molecular weight excluding hydrogens is 370 g/mol. The van der Waals surface area contributed by atoms with Gasteiger partial charge in [0.15, 0.2) is 5.76 Å². The van der Waals surface area contributed by atoms with Crippen LogP contribution < -0.4 is 5.32 Å². The second-order valence-corrected chi connectivity index (χ2v) is 7.41. The summed E-state index contributed by atoms with van der Waals surface area (Å²) in [6, 6.07) is 11.7. The lowest BCUT2D eigenvalue weighted by Crippen LogP contribution is -2.31. The third kappa shape index (κ3) is 4.29. The third-order valence-electron chi connectivity index (χ3n) is 5.25. The Labute approximate surface area is 168 Å². The highest BCUT2D eigenvalue weighted by Crippen LogP contribution is 2.24. The molecule has 0 aromatic carbocycles. The standard InChI is InChI=1S/C21H23N5O3/c1-2-6-23-21(3-1)24-16-13-27-19-11-26(12-20(19)28-14-16)10-17-9-18(25-29-17)15-4-7-22-8-5-15/h1-9,16,19-20H,10-14H2,(H,23,24)/t19-,20-/m0/s1. The molecule has 1 N–H and O–H groups in total. The number of pyridine rings is 2. The van der Waals surface area contributed by atoms with Crippen LogP contribution in [0.3, 0.4) is 0 Å². The average molecular weight is 393 g/mol. The van der Waals surface area contributed by atoms with Gasteiger partial charge in [-0.3, -0.25) is 9.88 Å². The smallest absolute Gasteiger partial charge is 0.151 e. The predicted octanol–water partition coefficient (Wildman–Crippen LogP) is 2.21. The second kappa shape index (κ2) is 8.28. The fourth-order valence-electron chi connectivity index (χ4n) is 3.80. The molecule has 3 aromatic heterocycles. The minimum Gasteiger partial charge on any atom is -0.372 e. The number of ether oxygens (including phenoxy) is 2. The van der Waals surface area contributed by atoms with Gasteiger partial charge in [-0.2, -0.15) is 0 Å². The van der Waals surface area contributed by atoms with E-state index in [1.807, 2.05) is 36.4 Å². The average Bonchev–Trinajstić information content (AvgIpc) is 3.34. The summed E-state index contributed by atoms with van der Waals surface area (Å²) >= 11 is 0. The Kier molecular flexibility index (Phi) is 5.21. The first-order valence-electron chi connectivity index (χ1n) is 9.82. The number of likely N-dealkylation sites (tertiary alicyclic amines) is 1. The van der Waals surface area contributed by atoms with Gasteiger partial charge in [0, 0.05) is 43.3 Å². The van der Waals surface area contributed by atoms with Crippen molar-refractivity contribution in [3.63, 3.8) is 0 Å². The van der Waals surface area contributed by atoms with E-state index >= 15 is 0 Å². The number of nitrogens with zero attached hydrogens (tertiary/aromatic N) is 4. The molecule has 8 nitrogen and oxygen atoms in total. The zero-order chi connectivity index (χ0) is 19.5. The molecule has 0 unspecified atom stereocenters. The molecule has 0 bridgehead atoms. The summed E-state index contributed by atoms with van der Waals surface area (Å²) in [7, 11) is 0. The predicted molar refractivity (Wildman–Crippen MR) is 106 cm³/mol. The normalized spacial score (nSPS) is 22.9. The highest BCUT2D eigenvalue weighted by Gasteiger charge is 2.37. The van der Waals surface area contributed by atoms with Crippen LogP contribution in [0.2, 0.25) is 0 Å². The van der Waals surface area contributed by atoms with Crippen molar-refractivity contribution < 1.29 is 14.0 Å². The first kappa shape index (κ1) is 18.2. The van der Waals surface area contributed by atoms with E-state index < -0.39 is 0 Å². The van der Waals surface area contributed by atoms with Gasteiger partial charge >= 0.3 is 0 Å². The number of nitrogens with one attached hydrogen (secondary N) is 1. The molecule has 0 amide bonds. The number of rotatable bonds is 5. The van der Waals surface area contributed by atoms with Gasteiger partial charge in [-0.05, 0) is 24.3 Å². The Morgan fingerprint density at radius 1 is 1.00 bits per heavy atom. The summed E-state index contributed by atoms with van der Waals surface area (Å²) in [5, 5.41) is 7.55. The highest BCUT2D eigenvalue weighted by atomic mass is 16.6. The van der Waals surface area contributed by atoms with Crippen molar-refractivity contribution >= 4 is 5.82 Å². The van der Waals surface area contributed by atoms with Crippen LogP contribution in [-0.2, 0) is 16.0 Å². The Balaban J connectivity index is 1.15. The molecule has 2 atom stereocenters. The van der Waals surface area contributed by atoms with Crippen molar-refractivity contribution in [1.82, 2.24) is 20.0 Å². The van der Waals surface area contributed by atoms with Crippen molar-refractivity contribution in [1.29, 1.82) is 0 Å². The summed E-state index contributed by atoms with van der Waals surface area (Å²) < 4.78 is 17.8. The maximum absolute atomic E-state index is 6.14. The molecule has 2 saturated heterocycles. The number of hydrogen-bond donors (Lipinski definition) is 1. The topological polar surface area (TPSA) is 85.5 Å². The molecule has 150 valence electrons. The van der Waals surface area contributed by atoms with Gasteiger partial charge in [0.25, 0.3) is 0 Å². The fraction of sp³-hybridized carbons (Fsp3) is 0.381. The molecule has 0 spiro atoms. The first-order chi connectivity index (χ1) is 14.3. The summed E-state index contributed by atoms with van der Waals surface area (Å²) in [4.78, 5) is 10.6. The van der Waals surface area contributed by atoms with Gasteiger partial charge in [-0.1, -0.05) is 11.2 Å². The van der Waals surface area contributed by atoms with E-state index in [0.717, 1.165) is 35.9 Å². The molecular formula is C21H23N5O3. The monoisotopic (exact) mass is 393 g/mol. The molecule has 5 heterocycles. The zero-order valence-corrected chi connectivity index (χ0v) is 16.0. The van der Waals surface area contributed by atoms with E-state index in [4.69, 9.17) is 14.0 Å². The largest absolute Gasteiger partial charge is 0.372 e. The van der Waals surface area contributed by atoms with E-state index in [1.165, 1.54) is 0 Å². The lowest BCUT2D eigenvalue weighted by Gasteiger charge is -2.18. The quantitative estimate of drug-likeness (QED) is 0.706. The zero-order valence-electron chi connectivity index (χ0n) is 16.0. The van der Waals surface area contributed by atoms with Crippen LogP contribution in [0.1, 0.15) is 5.76 Å². The van der Waals surface area contributed by atoms with E-state index in [2.05, 4.69) is 25.3 Å². The number of fused-ring (bicyclic) bond motifs is 1. The summed E-state index contributed by atoms with van der Waals surface area (Å²) in [6.45, 7) is 3.51. The molecule has 29 heavy (non-hydrogen) atoms. The van der Waals surface area contributed by atoms with Gasteiger partial charge in [0.1, 0.15) is 11.5 Å². The third-order valence-corrected chi connectivity index (χ3v) is 5.25. The minimum absolute atomic E-state index is 0.0631. The Morgan fingerprint density at radius 3 is 2.52 bits per heavy atom. The van der Waals surface area contributed by atoms with Gasteiger partial charge in [0.2, 0.25) is 0 Å². The molecule has 2 aliphatic rings. The van der Waals surface area contributed by atoms with E-state index in [1.54, 1.807) is 18.6 Å². The van der Waals surface area contributed by atoms with Crippen LogP contribution in [0, 0.1) is 0 Å². The number of aromatic nitrogens is 3. The summed E-state index contributed by atoms with van der Waals surface area (Å²) in [5.74, 6) is 1.68. The first-order valence-corrected chi connectivity index (χ1v) is 9.82. The summed E-state index contributed by atoms with van der Waals surface area (Å²) in [6.07, 6.45) is 5.41. The second-order valence-electron chi connectivity index (χ2n) is 7.41. The van der Waals surface area contributed by atoms with Crippen LogP contribution in [0.5, 0.6) is 0 Å². The van der Waals surface area contributed by atoms with Crippen LogP contribution in [0.15, 0.2) is 59.5 Å². The molecule has 5 rings (SSSR count). The maximum atomic E-state index is 6.14. The van der Waals surface area contributed by atoms with E-state index in [9.17, 15) is 0 Å². The molecule has 3 aromatic rings. The Bertz CT molecular complexity index is 904. The van der Waals surface area contributed by atoms with Crippen LogP contribution in [0.25, 0.3) is 11.3 Å². The number of anilines is 1. The van der Waals surface area contributed by atoms with Crippen LogP contribution >= 0.6 is 0 Å². The molecule has 8 heteroatoms. The number of hydrogen-bond acceptors (Lipinski definition) is 8. The molecule has 0 aliphatic carbocycles.